The number of rotatable bonds is 6. The highest BCUT2D eigenvalue weighted by molar-refractivity contribution is 7.98. The zero-order valence-corrected chi connectivity index (χ0v) is 14.0. The molecule has 1 amide bonds. The van der Waals surface area contributed by atoms with Gasteiger partial charge in [-0.3, -0.25) is 14.9 Å². The van der Waals surface area contributed by atoms with Gasteiger partial charge in [-0.15, -0.1) is 0 Å². The van der Waals surface area contributed by atoms with Crippen LogP contribution in [0.1, 0.15) is 15.9 Å². The third-order valence-corrected chi connectivity index (χ3v) is 4.52. The highest BCUT2D eigenvalue weighted by Crippen LogP contribution is 2.29. The number of benzene rings is 2. The van der Waals surface area contributed by atoms with Crippen molar-refractivity contribution in [2.24, 2.45) is 5.73 Å². The van der Waals surface area contributed by atoms with Crippen LogP contribution in [-0.4, -0.2) is 27.9 Å². The molecule has 0 aliphatic rings. The Kier molecular flexibility index (Phi) is 4.57. The number of thioether (sulfide) groups is 1. The Hall–Kier alpha value is -3.07. The summed E-state index contributed by atoms with van der Waals surface area (Å²) in [4.78, 5) is 29.5. The highest BCUT2D eigenvalue weighted by Gasteiger charge is 2.17. The maximum atomic E-state index is 11.2. The molecule has 0 aliphatic heterocycles. The van der Waals surface area contributed by atoms with Gasteiger partial charge in [0, 0.05) is 29.0 Å². The number of fused-ring (bicyclic) bond motifs is 1. The average molecular weight is 358 g/mol. The van der Waals surface area contributed by atoms with Crippen molar-refractivity contribution in [3.05, 3.63) is 57.6 Å². The molecule has 1 aromatic heterocycles. The Labute approximate surface area is 146 Å². The predicted octanol–water partition coefficient (Wildman–Crippen LogP) is 2.87. The van der Waals surface area contributed by atoms with Gasteiger partial charge in [0.05, 0.1) is 23.1 Å². The number of nitrogens with one attached hydrogen (secondary N) is 1. The lowest BCUT2D eigenvalue weighted by Gasteiger charge is -2.03. The van der Waals surface area contributed by atoms with Crippen LogP contribution >= 0.6 is 11.8 Å². The maximum Gasteiger partial charge on any atom is 0.274 e. The number of nitro benzene ring substituents is 1. The molecule has 128 valence electrons. The number of amides is 1. The molecule has 0 atom stereocenters. The molecule has 0 radical (unpaired) electrons. The lowest BCUT2D eigenvalue weighted by molar-refractivity contribution is -0.385. The second kappa shape index (κ2) is 6.81. The van der Waals surface area contributed by atoms with E-state index in [2.05, 4.69) is 9.97 Å². The molecule has 3 aromatic rings. The van der Waals surface area contributed by atoms with Gasteiger partial charge in [0.1, 0.15) is 5.75 Å². The van der Waals surface area contributed by atoms with Crippen molar-refractivity contribution in [1.29, 1.82) is 0 Å². The summed E-state index contributed by atoms with van der Waals surface area (Å²) in [5.41, 5.74) is 7.23. The Balaban J connectivity index is 1.83. The predicted molar refractivity (Wildman–Crippen MR) is 93.8 cm³/mol. The minimum atomic E-state index is -0.700. The van der Waals surface area contributed by atoms with E-state index in [4.69, 9.17) is 10.5 Å². The van der Waals surface area contributed by atoms with Crippen LogP contribution in [0.3, 0.4) is 0 Å². The van der Waals surface area contributed by atoms with Crippen LogP contribution in [0.15, 0.2) is 41.6 Å². The van der Waals surface area contributed by atoms with Crippen LogP contribution in [0.5, 0.6) is 5.75 Å². The van der Waals surface area contributed by atoms with Gasteiger partial charge in [0.2, 0.25) is 5.91 Å². The number of aromatic nitrogens is 2. The number of hydrogen-bond acceptors (Lipinski definition) is 6. The minimum absolute atomic E-state index is 0.108. The first kappa shape index (κ1) is 16.8. The summed E-state index contributed by atoms with van der Waals surface area (Å²) in [6.07, 6.45) is 0. The molecule has 0 bridgehead atoms. The van der Waals surface area contributed by atoms with Crippen molar-refractivity contribution in [2.75, 3.05) is 7.11 Å². The van der Waals surface area contributed by atoms with Gasteiger partial charge < -0.3 is 15.5 Å². The number of hydrogen-bond donors (Lipinski definition) is 2. The van der Waals surface area contributed by atoms with Crippen molar-refractivity contribution in [2.45, 2.75) is 10.9 Å². The summed E-state index contributed by atoms with van der Waals surface area (Å²) >= 11 is 1.33. The first-order chi connectivity index (χ1) is 12.0. The normalized spacial score (nSPS) is 10.8. The summed E-state index contributed by atoms with van der Waals surface area (Å²) in [5.74, 6) is 0.339. The van der Waals surface area contributed by atoms with Crippen LogP contribution in [0.25, 0.3) is 11.0 Å². The average Bonchev–Trinajstić information content (AvgIpc) is 3.01. The van der Waals surface area contributed by atoms with E-state index in [0.717, 1.165) is 11.0 Å². The van der Waals surface area contributed by atoms with Crippen molar-refractivity contribution in [1.82, 2.24) is 9.97 Å². The molecule has 25 heavy (non-hydrogen) atoms. The lowest BCUT2D eigenvalue weighted by atomic mass is 10.1. The monoisotopic (exact) mass is 358 g/mol. The van der Waals surface area contributed by atoms with E-state index >= 15 is 0 Å². The van der Waals surface area contributed by atoms with Crippen LogP contribution in [-0.2, 0) is 5.75 Å². The Morgan fingerprint density at radius 1 is 1.36 bits per heavy atom. The number of nitrogens with zero attached hydrogens (tertiary/aromatic N) is 2. The molecule has 1 heterocycles. The molecule has 0 unspecified atom stereocenters. The molecular weight excluding hydrogens is 344 g/mol. The summed E-state index contributed by atoms with van der Waals surface area (Å²) in [7, 11) is 1.59. The molecular formula is C16H14N4O4S. The number of nitro groups is 1. The molecule has 9 heteroatoms. The van der Waals surface area contributed by atoms with Crippen LogP contribution < -0.4 is 10.5 Å². The first-order valence-corrected chi connectivity index (χ1v) is 8.20. The number of carbonyl (C=O) groups excluding carboxylic acids is 1. The van der Waals surface area contributed by atoms with Gasteiger partial charge in [-0.25, -0.2) is 4.98 Å². The smallest absolute Gasteiger partial charge is 0.274 e. The summed E-state index contributed by atoms with van der Waals surface area (Å²) < 4.78 is 5.17. The van der Waals surface area contributed by atoms with Gasteiger partial charge in [0.25, 0.3) is 5.69 Å². The van der Waals surface area contributed by atoms with Crippen molar-refractivity contribution >= 4 is 34.4 Å². The molecule has 2 aromatic carbocycles. The van der Waals surface area contributed by atoms with E-state index in [-0.39, 0.29) is 11.3 Å². The Morgan fingerprint density at radius 2 is 2.16 bits per heavy atom. The number of nitrogens with two attached hydrogens (primary N) is 1. The molecule has 0 saturated carbocycles. The summed E-state index contributed by atoms with van der Waals surface area (Å²) in [6.45, 7) is 0. The molecule has 0 spiro atoms. The van der Waals surface area contributed by atoms with E-state index in [1.165, 1.54) is 30.0 Å². The van der Waals surface area contributed by atoms with Crippen molar-refractivity contribution in [3.8, 4) is 5.75 Å². The van der Waals surface area contributed by atoms with Crippen LogP contribution in [0.2, 0.25) is 0 Å². The number of ether oxygens (including phenoxy) is 1. The van der Waals surface area contributed by atoms with Crippen molar-refractivity contribution in [3.63, 3.8) is 0 Å². The zero-order chi connectivity index (χ0) is 18.0. The number of methoxy groups -OCH3 is 1. The van der Waals surface area contributed by atoms with E-state index in [9.17, 15) is 14.9 Å². The molecule has 0 aliphatic carbocycles. The second-order valence-corrected chi connectivity index (χ2v) is 6.14. The number of primary amides is 1. The maximum absolute atomic E-state index is 11.2. The third kappa shape index (κ3) is 3.56. The Morgan fingerprint density at radius 3 is 2.84 bits per heavy atom. The largest absolute Gasteiger partial charge is 0.497 e. The Bertz CT molecular complexity index is 970. The summed E-state index contributed by atoms with van der Waals surface area (Å²) in [5, 5.41) is 11.9. The van der Waals surface area contributed by atoms with Gasteiger partial charge in [-0.05, 0) is 18.2 Å². The molecule has 3 N–H and O–H groups in total. The first-order valence-electron chi connectivity index (χ1n) is 7.21. The lowest BCUT2D eigenvalue weighted by Crippen LogP contribution is -2.11. The highest BCUT2D eigenvalue weighted by atomic mass is 32.2. The third-order valence-electron chi connectivity index (χ3n) is 3.60. The van der Waals surface area contributed by atoms with Crippen LogP contribution in [0, 0.1) is 10.1 Å². The molecule has 3 rings (SSSR count). The fourth-order valence-corrected chi connectivity index (χ4v) is 3.20. The molecule has 0 saturated heterocycles. The number of carbonyl (C=O) groups is 1. The number of aromatic amines is 1. The minimum Gasteiger partial charge on any atom is -0.497 e. The zero-order valence-electron chi connectivity index (χ0n) is 13.2. The SMILES string of the molecule is COc1ccc2nc(SCc3ccc(C(N)=O)cc3[N+](=O)[O-])[nH]c2c1. The van der Waals surface area contributed by atoms with E-state index < -0.39 is 10.8 Å². The fourth-order valence-electron chi connectivity index (χ4n) is 2.32. The molecule has 0 fully saturated rings. The van der Waals surface area contributed by atoms with Gasteiger partial charge in [-0.2, -0.15) is 0 Å². The van der Waals surface area contributed by atoms with Crippen molar-refractivity contribution < 1.29 is 14.5 Å². The standard InChI is InChI=1S/C16H14N4O4S/c1-24-11-4-5-12-13(7-11)19-16(18-12)25-8-10-3-2-9(15(17)21)6-14(10)20(22)23/h2-7H,8H2,1H3,(H2,17,21)(H,18,19). The van der Waals surface area contributed by atoms with Gasteiger partial charge in [0.15, 0.2) is 5.16 Å². The number of H-pyrrole nitrogens is 1. The second-order valence-electron chi connectivity index (χ2n) is 5.18. The van der Waals surface area contributed by atoms with E-state index in [1.807, 2.05) is 18.2 Å². The van der Waals surface area contributed by atoms with E-state index in [1.54, 1.807) is 7.11 Å². The van der Waals surface area contributed by atoms with E-state index in [0.29, 0.717) is 22.2 Å². The van der Waals surface area contributed by atoms with Gasteiger partial charge >= 0.3 is 0 Å². The quantitative estimate of drug-likeness (QED) is 0.397. The van der Waals surface area contributed by atoms with Gasteiger partial charge in [-0.1, -0.05) is 17.8 Å². The number of imidazole rings is 1. The summed E-state index contributed by atoms with van der Waals surface area (Å²) in [6, 6.07) is 9.69. The topological polar surface area (TPSA) is 124 Å². The van der Waals surface area contributed by atoms with Crippen LogP contribution in [0.4, 0.5) is 5.69 Å². The molecule has 8 nitrogen and oxygen atoms in total. The fraction of sp³-hybridized carbons (Fsp3) is 0.125.